The zero-order valence-electron chi connectivity index (χ0n) is 11.1. The first-order valence-corrected chi connectivity index (χ1v) is 6.00. The van der Waals surface area contributed by atoms with Gasteiger partial charge in [0.2, 0.25) is 0 Å². The van der Waals surface area contributed by atoms with Gasteiger partial charge in [-0.05, 0) is 17.7 Å². The lowest BCUT2D eigenvalue weighted by molar-refractivity contribution is -0.173. The quantitative estimate of drug-likeness (QED) is 0.774. The van der Waals surface area contributed by atoms with Crippen molar-refractivity contribution in [2.75, 3.05) is 38.8 Å². The molecule has 0 aliphatic rings. The second-order valence-corrected chi connectivity index (χ2v) is 4.41. The van der Waals surface area contributed by atoms with Crippen molar-refractivity contribution in [1.82, 2.24) is 5.32 Å². The van der Waals surface area contributed by atoms with E-state index in [0.29, 0.717) is 13.1 Å². The first kappa shape index (κ1) is 15.8. The molecule has 0 radical (unpaired) electrons. The molecule has 3 nitrogen and oxygen atoms in total. The van der Waals surface area contributed by atoms with Crippen LogP contribution in [0.4, 0.5) is 18.9 Å². The van der Waals surface area contributed by atoms with Gasteiger partial charge in [-0.2, -0.15) is 13.2 Å². The van der Waals surface area contributed by atoms with Crippen LogP contribution in [0.3, 0.4) is 0 Å². The molecule has 0 saturated heterocycles. The Morgan fingerprint density at radius 2 is 1.79 bits per heavy atom. The van der Waals surface area contributed by atoms with Crippen LogP contribution in [-0.4, -0.2) is 40.0 Å². The summed E-state index contributed by atoms with van der Waals surface area (Å²) < 4.78 is 39.8. The fourth-order valence-corrected chi connectivity index (χ4v) is 1.48. The van der Waals surface area contributed by atoms with Gasteiger partial charge in [0.1, 0.15) is 6.61 Å². The summed E-state index contributed by atoms with van der Waals surface area (Å²) in [6, 6.07) is 7.96. The van der Waals surface area contributed by atoms with Crippen molar-refractivity contribution in [3.05, 3.63) is 29.8 Å². The standard InChI is InChI=1S/C13H19F3N2O/c1-18(2)12-5-3-11(4-6-12)9-17-7-8-19-10-13(14,15)16/h3-6,17H,7-10H2,1-2H3. The van der Waals surface area contributed by atoms with E-state index in [9.17, 15) is 13.2 Å². The third-order valence-electron chi connectivity index (χ3n) is 2.47. The SMILES string of the molecule is CN(C)c1ccc(CNCCOCC(F)(F)F)cc1. The van der Waals surface area contributed by atoms with Gasteiger partial charge in [-0.3, -0.25) is 0 Å². The Bertz CT molecular complexity index is 363. The van der Waals surface area contributed by atoms with Gasteiger partial charge in [-0.15, -0.1) is 0 Å². The molecule has 0 spiro atoms. The van der Waals surface area contributed by atoms with Crippen molar-refractivity contribution in [3.8, 4) is 0 Å². The highest BCUT2D eigenvalue weighted by Gasteiger charge is 2.27. The van der Waals surface area contributed by atoms with E-state index in [0.717, 1.165) is 11.3 Å². The number of halogens is 3. The molecule has 108 valence electrons. The van der Waals surface area contributed by atoms with Crippen LogP contribution < -0.4 is 10.2 Å². The Balaban J connectivity index is 2.16. The smallest absolute Gasteiger partial charge is 0.378 e. The number of ether oxygens (including phenoxy) is 1. The number of nitrogens with zero attached hydrogens (tertiary/aromatic N) is 1. The molecule has 0 heterocycles. The third-order valence-corrected chi connectivity index (χ3v) is 2.47. The Morgan fingerprint density at radius 1 is 1.16 bits per heavy atom. The van der Waals surface area contributed by atoms with Crippen LogP contribution >= 0.6 is 0 Å². The molecule has 0 unspecified atom stereocenters. The first-order valence-electron chi connectivity index (χ1n) is 6.00. The molecule has 0 bridgehead atoms. The maximum atomic E-state index is 11.8. The molecule has 19 heavy (non-hydrogen) atoms. The molecule has 1 aromatic carbocycles. The van der Waals surface area contributed by atoms with Gasteiger partial charge < -0.3 is 15.0 Å². The van der Waals surface area contributed by atoms with Crippen LogP contribution in [0.2, 0.25) is 0 Å². The fourth-order valence-electron chi connectivity index (χ4n) is 1.48. The van der Waals surface area contributed by atoms with E-state index in [1.807, 2.05) is 43.3 Å². The van der Waals surface area contributed by atoms with Crippen molar-refractivity contribution >= 4 is 5.69 Å². The second-order valence-electron chi connectivity index (χ2n) is 4.41. The highest BCUT2D eigenvalue weighted by atomic mass is 19.4. The Kier molecular flexibility index (Phi) is 6.11. The highest BCUT2D eigenvalue weighted by molar-refractivity contribution is 5.45. The van der Waals surface area contributed by atoms with Crippen molar-refractivity contribution in [2.45, 2.75) is 12.7 Å². The molecule has 0 aliphatic heterocycles. The lowest BCUT2D eigenvalue weighted by Gasteiger charge is -2.13. The average molecular weight is 276 g/mol. The number of rotatable bonds is 7. The Labute approximate surface area is 111 Å². The lowest BCUT2D eigenvalue weighted by Crippen LogP contribution is -2.23. The molecule has 1 aromatic rings. The Morgan fingerprint density at radius 3 is 2.32 bits per heavy atom. The van der Waals surface area contributed by atoms with Crippen LogP contribution in [0, 0.1) is 0 Å². The molecular weight excluding hydrogens is 257 g/mol. The monoisotopic (exact) mass is 276 g/mol. The molecule has 0 aliphatic carbocycles. The number of anilines is 1. The van der Waals surface area contributed by atoms with E-state index in [-0.39, 0.29) is 6.61 Å². The van der Waals surface area contributed by atoms with Crippen LogP contribution in [0.15, 0.2) is 24.3 Å². The number of alkyl halides is 3. The summed E-state index contributed by atoms with van der Waals surface area (Å²) in [6.45, 7) is -0.129. The van der Waals surface area contributed by atoms with Crippen molar-refractivity contribution in [1.29, 1.82) is 0 Å². The molecule has 0 saturated carbocycles. The highest BCUT2D eigenvalue weighted by Crippen LogP contribution is 2.14. The predicted molar refractivity (Wildman–Crippen MR) is 69.3 cm³/mol. The largest absolute Gasteiger partial charge is 0.411 e. The van der Waals surface area contributed by atoms with E-state index in [1.165, 1.54) is 0 Å². The minimum Gasteiger partial charge on any atom is -0.378 e. The number of hydrogen-bond donors (Lipinski definition) is 1. The van der Waals surface area contributed by atoms with Gasteiger partial charge in [0, 0.05) is 32.9 Å². The van der Waals surface area contributed by atoms with E-state index in [4.69, 9.17) is 0 Å². The normalized spacial score (nSPS) is 11.6. The summed E-state index contributed by atoms with van der Waals surface area (Å²) in [4.78, 5) is 2.00. The molecule has 0 atom stereocenters. The second kappa shape index (κ2) is 7.35. The predicted octanol–water partition coefficient (Wildman–Crippen LogP) is 2.42. The molecule has 0 aromatic heterocycles. The van der Waals surface area contributed by atoms with Crippen molar-refractivity contribution in [3.63, 3.8) is 0 Å². The minimum absolute atomic E-state index is 0.0509. The van der Waals surface area contributed by atoms with E-state index < -0.39 is 12.8 Å². The summed E-state index contributed by atoms with van der Waals surface area (Å²) in [5.74, 6) is 0. The molecule has 1 rings (SSSR count). The molecule has 0 fully saturated rings. The number of hydrogen-bond acceptors (Lipinski definition) is 3. The van der Waals surface area contributed by atoms with Gasteiger partial charge in [0.05, 0.1) is 6.61 Å². The third kappa shape index (κ3) is 7.03. The summed E-state index contributed by atoms with van der Waals surface area (Å²) >= 11 is 0. The summed E-state index contributed by atoms with van der Waals surface area (Å²) in [5.41, 5.74) is 2.19. The van der Waals surface area contributed by atoms with Crippen molar-refractivity contribution in [2.24, 2.45) is 0 Å². The number of benzene rings is 1. The molecule has 6 heteroatoms. The number of nitrogens with one attached hydrogen (secondary N) is 1. The van der Waals surface area contributed by atoms with Crippen LogP contribution in [0.5, 0.6) is 0 Å². The zero-order valence-corrected chi connectivity index (χ0v) is 11.1. The summed E-state index contributed by atoms with van der Waals surface area (Å²) in [7, 11) is 3.93. The maximum absolute atomic E-state index is 11.8. The lowest BCUT2D eigenvalue weighted by atomic mass is 10.2. The van der Waals surface area contributed by atoms with E-state index in [2.05, 4.69) is 10.1 Å². The molecule has 1 N–H and O–H groups in total. The average Bonchev–Trinajstić information content (AvgIpc) is 2.33. The van der Waals surface area contributed by atoms with Crippen LogP contribution in [0.25, 0.3) is 0 Å². The topological polar surface area (TPSA) is 24.5 Å². The minimum atomic E-state index is -4.25. The van der Waals surface area contributed by atoms with Crippen molar-refractivity contribution < 1.29 is 17.9 Å². The van der Waals surface area contributed by atoms with Gasteiger partial charge in [-0.25, -0.2) is 0 Å². The first-order chi connectivity index (χ1) is 8.88. The van der Waals surface area contributed by atoms with Crippen LogP contribution in [0.1, 0.15) is 5.56 Å². The van der Waals surface area contributed by atoms with Gasteiger partial charge in [0.25, 0.3) is 0 Å². The fraction of sp³-hybridized carbons (Fsp3) is 0.538. The van der Waals surface area contributed by atoms with E-state index in [1.54, 1.807) is 0 Å². The summed E-state index contributed by atoms with van der Waals surface area (Å²) in [6.07, 6.45) is -4.25. The van der Waals surface area contributed by atoms with E-state index >= 15 is 0 Å². The Hall–Kier alpha value is -1.27. The molecule has 0 amide bonds. The molecular formula is C13H19F3N2O. The zero-order chi connectivity index (χ0) is 14.3. The van der Waals surface area contributed by atoms with Gasteiger partial charge >= 0.3 is 6.18 Å². The van der Waals surface area contributed by atoms with Crippen LogP contribution in [-0.2, 0) is 11.3 Å². The maximum Gasteiger partial charge on any atom is 0.411 e. The van der Waals surface area contributed by atoms with Gasteiger partial charge in [-0.1, -0.05) is 12.1 Å². The summed E-state index contributed by atoms with van der Waals surface area (Å²) in [5, 5.41) is 3.03. The van der Waals surface area contributed by atoms with Gasteiger partial charge in [0.15, 0.2) is 0 Å².